The highest BCUT2D eigenvalue weighted by Gasteiger charge is 2.31. The summed E-state index contributed by atoms with van der Waals surface area (Å²) in [6.07, 6.45) is 8.30. The fourth-order valence-corrected chi connectivity index (χ4v) is 4.69. The number of aliphatic hydroxyl groups excluding tert-OH is 1. The van der Waals surface area contributed by atoms with Crippen LogP contribution in [0.5, 0.6) is 0 Å². The van der Waals surface area contributed by atoms with Gasteiger partial charge in [0.15, 0.2) is 5.96 Å². The number of aliphatic imine (C=N–C) groups is 1. The van der Waals surface area contributed by atoms with Gasteiger partial charge in [0.25, 0.3) is 0 Å². The van der Waals surface area contributed by atoms with E-state index in [1.54, 1.807) is 0 Å². The van der Waals surface area contributed by atoms with Gasteiger partial charge in [-0.1, -0.05) is 43.5 Å². The minimum atomic E-state index is 0.200. The molecule has 1 aliphatic heterocycles. The lowest BCUT2D eigenvalue weighted by Crippen LogP contribution is -2.43. The van der Waals surface area contributed by atoms with E-state index in [-0.39, 0.29) is 12.0 Å². The quantitative estimate of drug-likeness (QED) is 0.475. The minimum Gasteiger partial charge on any atom is -0.396 e. The van der Waals surface area contributed by atoms with Crippen LogP contribution in [0, 0.1) is 5.41 Å². The number of rotatable bonds is 8. The SMILES string of the molecule is CCNC(=NCC1(CCO)CCCCC1)NCCN1CCc2ccccc2C1. The van der Waals surface area contributed by atoms with Crippen molar-refractivity contribution in [2.45, 2.75) is 58.4 Å². The lowest BCUT2D eigenvalue weighted by atomic mass is 9.72. The fourth-order valence-electron chi connectivity index (χ4n) is 4.69. The normalized spacial score (nSPS) is 19.9. The van der Waals surface area contributed by atoms with E-state index in [1.165, 1.54) is 43.2 Å². The third kappa shape index (κ3) is 5.95. The van der Waals surface area contributed by atoms with Crippen LogP contribution in [-0.4, -0.2) is 55.3 Å². The van der Waals surface area contributed by atoms with Crippen molar-refractivity contribution < 1.29 is 5.11 Å². The van der Waals surface area contributed by atoms with E-state index in [2.05, 4.69) is 46.7 Å². The molecular weight excluding hydrogens is 348 g/mol. The van der Waals surface area contributed by atoms with Crippen molar-refractivity contribution in [2.24, 2.45) is 10.4 Å². The highest BCUT2D eigenvalue weighted by atomic mass is 16.3. The Morgan fingerprint density at radius 3 is 2.68 bits per heavy atom. The maximum absolute atomic E-state index is 9.52. The Bertz CT molecular complexity index is 619. The number of benzene rings is 1. The van der Waals surface area contributed by atoms with Gasteiger partial charge in [-0.3, -0.25) is 9.89 Å². The van der Waals surface area contributed by atoms with Crippen LogP contribution in [0.4, 0.5) is 0 Å². The van der Waals surface area contributed by atoms with E-state index in [0.717, 1.165) is 58.1 Å². The molecule has 1 aliphatic carbocycles. The molecule has 1 heterocycles. The molecular formula is C23H38N4O. The fraction of sp³-hybridized carbons (Fsp3) is 0.696. The molecule has 0 radical (unpaired) electrons. The number of hydrogen-bond acceptors (Lipinski definition) is 3. The van der Waals surface area contributed by atoms with Gasteiger partial charge in [0, 0.05) is 45.9 Å². The summed E-state index contributed by atoms with van der Waals surface area (Å²) in [7, 11) is 0. The van der Waals surface area contributed by atoms with Crippen LogP contribution in [0.2, 0.25) is 0 Å². The molecule has 0 bridgehead atoms. The van der Waals surface area contributed by atoms with Gasteiger partial charge >= 0.3 is 0 Å². The number of aliphatic hydroxyl groups is 1. The highest BCUT2D eigenvalue weighted by molar-refractivity contribution is 5.79. The Morgan fingerprint density at radius 2 is 1.93 bits per heavy atom. The molecule has 1 aromatic carbocycles. The molecule has 1 aromatic rings. The van der Waals surface area contributed by atoms with Gasteiger partial charge in [0.1, 0.15) is 0 Å². The second-order valence-corrected chi connectivity index (χ2v) is 8.45. The van der Waals surface area contributed by atoms with Gasteiger partial charge in [-0.15, -0.1) is 0 Å². The molecule has 1 saturated carbocycles. The van der Waals surface area contributed by atoms with Crippen molar-refractivity contribution in [3.8, 4) is 0 Å². The smallest absolute Gasteiger partial charge is 0.191 e. The average Bonchev–Trinajstić information content (AvgIpc) is 2.73. The van der Waals surface area contributed by atoms with Crippen LogP contribution in [0.3, 0.4) is 0 Å². The molecule has 0 spiro atoms. The van der Waals surface area contributed by atoms with E-state index in [4.69, 9.17) is 4.99 Å². The van der Waals surface area contributed by atoms with Crippen molar-refractivity contribution in [1.82, 2.24) is 15.5 Å². The molecule has 2 aliphatic rings. The molecule has 3 N–H and O–H groups in total. The van der Waals surface area contributed by atoms with Crippen LogP contribution in [0.1, 0.15) is 56.6 Å². The van der Waals surface area contributed by atoms with Gasteiger partial charge in [0.05, 0.1) is 0 Å². The van der Waals surface area contributed by atoms with Gasteiger partial charge in [-0.05, 0) is 49.1 Å². The summed E-state index contributed by atoms with van der Waals surface area (Å²) in [6.45, 7) is 8.19. The van der Waals surface area contributed by atoms with E-state index in [1.807, 2.05) is 0 Å². The van der Waals surface area contributed by atoms with Gasteiger partial charge in [-0.2, -0.15) is 0 Å². The van der Waals surface area contributed by atoms with E-state index in [0.29, 0.717) is 0 Å². The van der Waals surface area contributed by atoms with E-state index >= 15 is 0 Å². The molecule has 156 valence electrons. The predicted molar refractivity (Wildman–Crippen MR) is 117 cm³/mol. The largest absolute Gasteiger partial charge is 0.396 e. The van der Waals surface area contributed by atoms with E-state index < -0.39 is 0 Å². The number of nitrogens with zero attached hydrogens (tertiary/aromatic N) is 2. The first-order chi connectivity index (χ1) is 13.7. The third-order valence-corrected chi connectivity index (χ3v) is 6.40. The van der Waals surface area contributed by atoms with Crippen LogP contribution in [0.25, 0.3) is 0 Å². The third-order valence-electron chi connectivity index (χ3n) is 6.40. The van der Waals surface area contributed by atoms with Crippen molar-refractivity contribution in [3.63, 3.8) is 0 Å². The minimum absolute atomic E-state index is 0.200. The second-order valence-electron chi connectivity index (χ2n) is 8.45. The number of nitrogens with one attached hydrogen (secondary N) is 2. The Kier molecular flexibility index (Phi) is 8.16. The van der Waals surface area contributed by atoms with Crippen molar-refractivity contribution in [1.29, 1.82) is 0 Å². The maximum Gasteiger partial charge on any atom is 0.191 e. The Balaban J connectivity index is 1.49. The molecule has 0 amide bonds. The predicted octanol–water partition coefficient (Wildman–Crippen LogP) is 2.93. The summed E-state index contributed by atoms with van der Waals surface area (Å²) in [5, 5.41) is 16.4. The Labute approximate surface area is 170 Å². The van der Waals surface area contributed by atoms with Gasteiger partial charge < -0.3 is 15.7 Å². The molecule has 0 unspecified atom stereocenters. The van der Waals surface area contributed by atoms with Crippen molar-refractivity contribution >= 4 is 5.96 Å². The summed E-state index contributed by atoms with van der Waals surface area (Å²) in [4.78, 5) is 7.43. The molecule has 0 atom stereocenters. The number of hydrogen-bond donors (Lipinski definition) is 3. The van der Waals surface area contributed by atoms with Gasteiger partial charge in [-0.25, -0.2) is 0 Å². The summed E-state index contributed by atoms with van der Waals surface area (Å²) in [5.74, 6) is 0.919. The van der Waals surface area contributed by atoms with Gasteiger partial charge in [0.2, 0.25) is 0 Å². The molecule has 3 rings (SSSR count). The number of fused-ring (bicyclic) bond motifs is 1. The zero-order chi connectivity index (χ0) is 19.7. The average molecular weight is 387 g/mol. The van der Waals surface area contributed by atoms with Crippen LogP contribution >= 0.6 is 0 Å². The van der Waals surface area contributed by atoms with E-state index in [9.17, 15) is 5.11 Å². The lowest BCUT2D eigenvalue weighted by Gasteiger charge is -2.35. The first kappa shape index (κ1) is 21.1. The molecule has 1 fully saturated rings. The summed E-state index contributed by atoms with van der Waals surface area (Å²) < 4.78 is 0. The summed E-state index contributed by atoms with van der Waals surface area (Å²) in [6, 6.07) is 8.80. The molecule has 0 aromatic heterocycles. The standard InChI is InChI=1S/C23H38N4O/c1-2-24-22(26-19-23(13-17-28)11-6-3-7-12-23)25-14-16-27-15-10-20-8-4-5-9-21(20)18-27/h4-5,8-9,28H,2-3,6-7,10-19H2,1H3,(H2,24,25,26). The summed E-state index contributed by atoms with van der Waals surface area (Å²) in [5.41, 5.74) is 3.17. The molecule has 28 heavy (non-hydrogen) atoms. The maximum atomic E-state index is 9.52. The topological polar surface area (TPSA) is 59.9 Å². The van der Waals surface area contributed by atoms with Crippen molar-refractivity contribution in [3.05, 3.63) is 35.4 Å². The van der Waals surface area contributed by atoms with Crippen LogP contribution < -0.4 is 10.6 Å². The zero-order valence-electron chi connectivity index (χ0n) is 17.6. The lowest BCUT2D eigenvalue weighted by molar-refractivity contribution is 0.137. The number of guanidine groups is 1. The van der Waals surface area contributed by atoms with Crippen LogP contribution in [0.15, 0.2) is 29.3 Å². The second kappa shape index (κ2) is 10.8. The van der Waals surface area contributed by atoms with Crippen molar-refractivity contribution in [2.75, 3.05) is 39.3 Å². The molecule has 5 nitrogen and oxygen atoms in total. The highest BCUT2D eigenvalue weighted by Crippen LogP contribution is 2.39. The first-order valence-corrected chi connectivity index (χ1v) is 11.2. The Morgan fingerprint density at radius 1 is 1.14 bits per heavy atom. The molecule has 5 heteroatoms. The summed E-state index contributed by atoms with van der Waals surface area (Å²) >= 11 is 0. The molecule has 0 saturated heterocycles. The van der Waals surface area contributed by atoms with Crippen LogP contribution in [-0.2, 0) is 13.0 Å². The first-order valence-electron chi connectivity index (χ1n) is 11.2. The zero-order valence-corrected chi connectivity index (χ0v) is 17.6. The Hall–Kier alpha value is -1.59. The monoisotopic (exact) mass is 386 g/mol.